The lowest BCUT2D eigenvalue weighted by Crippen LogP contribution is -2.12. The van der Waals surface area contributed by atoms with E-state index in [1.807, 2.05) is 4.98 Å². The van der Waals surface area contributed by atoms with E-state index < -0.39 is 17.5 Å². The van der Waals surface area contributed by atoms with Crippen LogP contribution in [0.5, 0.6) is 0 Å². The molecule has 1 rings (SSSR count). The van der Waals surface area contributed by atoms with Crippen molar-refractivity contribution in [3.63, 3.8) is 0 Å². The monoisotopic (exact) mass is 251 g/mol. The van der Waals surface area contributed by atoms with E-state index in [2.05, 4.69) is 15.9 Å². The molecule has 0 saturated heterocycles. The normalized spacial score (nSPS) is 10.5. The molecule has 6 heteroatoms. The van der Waals surface area contributed by atoms with E-state index in [0.29, 0.717) is 0 Å². The van der Waals surface area contributed by atoms with Gasteiger partial charge in [0.05, 0.1) is 10.2 Å². The van der Waals surface area contributed by atoms with E-state index in [1.165, 1.54) is 0 Å². The molecule has 0 radical (unpaired) electrons. The topological polar surface area (TPSA) is 49.9 Å². The van der Waals surface area contributed by atoms with Crippen LogP contribution in [0.2, 0.25) is 0 Å². The third-order valence-corrected chi connectivity index (χ3v) is 2.00. The van der Waals surface area contributed by atoms with E-state index in [4.69, 9.17) is 0 Å². The van der Waals surface area contributed by atoms with Gasteiger partial charge in [0.1, 0.15) is 0 Å². The first-order valence-electron chi connectivity index (χ1n) is 3.22. The van der Waals surface area contributed by atoms with Crippen molar-refractivity contribution in [1.29, 1.82) is 0 Å². The number of halogens is 3. The molecule has 1 N–H and O–H groups in total. The van der Waals surface area contributed by atoms with Crippen LogP contribution in [0.15, 0.2) is 15.3 Å². The second-order valence-corrected chi connectivity index (χ2v) is 3.09. The SMILES string of the molecule is O=Cc1[nH]c(=O)c(Br)cc1C(F)F. The number of hydrogen-bond donors (Lipinski definition) is 1. The summed E-state index contributed by atoms with van der Waals surface area (Å²) in [5.41, 5.74) is -1.48. The first kappa shape index (κ1) is 10.0. The third kappa shape index (κ3) is 2.00. The Bertz CT molecular complexity index is 389. The third-order valence-electron chi connectivity index (χ3n) is 1.41. The molecule has 0 saturated carbocycles. The van der Waals surface area contributed by atoms with Gasteiger partial charge in [0.25, 0.3) is 12.0 Å². The van der Waals surface area contributed by atoms with Gasteiger partial charge in [0.15, 0.2) is 6.29 Å². The highest BCUT2D eigenvalue weighted by atomic mass is 79.9. The summed E-state index contributed by atoms with van der Waals surface area (Å²) in [6.45, 7) is 0. The number of H-pyrrole nitrogens is 1. The van der Waals surface area contributed by atoms with Gasteiger partial charge in [-0.05, 0) is 22.0 Å². The first-order valence-corrected chi connectivity index (χ1v) is 4.01. The zero-order valence-corrected chi connectivity index (χ0v) is 7.77. The molecule has 0 atom stereocenters. The number of aldehydes is 1. The number of pyridine rings is 1. The molecule has 0 aliphatic rings. The Morgan fingerprint density at radius 3 is 2.62 bits per heavy atom. The van der Waals surface area contributed by atoms with E-state index >= 15 is 0 Å². The Balaban J connectivity index is 3.41. The minimum absolute atomic E-state index is 0.0200. The first-order chi connectivity index (χ1) is 6.06. The number of nitrogens with one attached hydrogen (secondary N) is 1. The highest BCUT2D eigenvalue weighted by Gasteiger charge is 2.14. The van der Waals surface area contributed by atoms with Gasteiger partial charge in [-0.15, -0.1) is 0 Å². The van der Waals surface area contributed by atoms with Crippen LogP contribution in [0.1, 0.15) is 22.5 Å². The molecule has 0 aromatic carbocycles. The van der Waals surface area contributed by atoms with Crippen LogP contribution in [-0.2, 0) is 0 Å². The minimum Gasteiger partial charge on any atom is -0.318 e. The fourth-order valence-corrected chi connectivity index (χ4v) is 1.16. The van der Waals surface area contributed by atoms with Gasteiger partial charge in [-0.2, -0.15) is 0 Å². The predicted molar refractivity (Wildman–Crippen MR) is 45.1 cm³/mol. The lowest BCUT2D eigenvalue weighted by Gasteiger charge is -2.02. The Morgan fingerprint density at radius 2 is 2.15 bits per heavy atom. The van der Waals surface area contributed by atoms with Crippen molar-refractivity contribution < 1.29 is 13.6 Å². The van der Waals surface area contributed by atoms with E-state index in [1.54, 1.807) is 0 Å². The van der Waals surface area contributed by atoms with E-state index in [0.717, 1.165) is 6.07 Å². The predicted octanol–water partition coefficient (Wildman–Crippen LogP) is 1.89. The number of carbonyl (C=O) groups is 1. The number of aromatic amines is 1. The quantitative estimate of drug-likeness (QED) is 0.817. The smallest absolute Gasteiger partial charge is 0.266 e. The van der Waals surface area contributed by atoms with Crippen molar-refractivity contribution in [3.05, 3.63) is 32.2 Å². The summed E-state index contributed by atoms with van der Waals surface area (Å²) >= 11 is 2.78. The molecule has 0 amide bonds. The van der Waals surface area contributed by atoms with Gasteiger partial charge in [0.2, 0.25) is 0 Å². The Morgan fingerprint density at radius 1 is 1.54 bits per heavy atom. The number of alkyl halides is 2. The highest BCUT2D eigenvalue weighted by Crippen LogP contribution is 2.21. The van der Waals surface area contributed by atoms with Crippen LogP contribution in [0.3, 0.4) is 0 Å². The lowest BCUT2D eigenvalue weighted by atomic mass is 10.2. The van der Waals surface area contributed by atoms with Crippen molar-refractivity contribution in [2.45, 2.75) is 6.43 Å². The van der Waals surface area contributed by atoms with Crippen molar-refractivity contribution in [2.24, 2.45) is 0 Å². The van der Waals surface area contributed by atoms with Crippen molar-refractivity contribution in [1.82, 2.24) is 4.98 Å². The summed E-state index contributed by atoms with van der Waals surface area (Å²) < 4.78 is 24.4. The highest BCUT2D eigenvalue weighted by molar-refractivity contribution is 9.10. The summed E-state index contributed by atoms with van der Waals surface area (Å²) in [5.74, 6) is 0. The van der Waals surface area contributed by atoms with Crippen molar-refractivity contribution in [3.8, 4) is 0 Å². The Labute approximate surface area is 79.9 Å². The average molecular weight is 252 g/mol. The summed E-state index contributed by atoms with van der Waals surface area (Å²) in [6.07, 6.45) is -2.59. The summed E-state index contributed by atoms with van der Waals surface area (Å²) in [7, 11) is 0. The fraction of sp³-hybridized carbons (Fsp3) is 0.143. The van der Waals surface area contributed by atoms with Crippen LogP contribution in [0.4, 0.5) is 8.78 Å². The van der Waals surface area contributed by atoms with Crippen molar-refractivity contribution in [2.75, 3.05) is 0 Å². The molecule has 0 fully saturated rings. The summed E-state index contributed by atoms with van der Waals surface area (Å²) in [6, 6.07) is 0.938. The molecule has 13 heavy (non-hydrogen) atoms. The van der Waals surface area contributed by atoms with Gasteiger partial charge in [0, 0.05) is 5.56 Å². The minimum atomic E-state index is -2.78. The molecule has 0 aliphatic heterocycles. The molecule has 3 nitrogen and oxygen atoms in total. The number of aromatic nitrogens is 1. The van der Waals surface area contributed by atoms with Crippen LogP contribution < -0.4 is 5.56 Å². The van der Waals surface area contributed by atoms with Crippen molar-refractivity contribution >= 4 is 22.2 Å². The number of rotatable bonds is 2. The Hall–Kier alpha value is -1.04. The maximum Gasteiger partial charge on any atom is 0.266 e. The lowest BCUT2D eigenvalue weighted by molar-refractivity contribution is 0.110. The standard InChI is InChI=1S/C7H4BrF2NO2/c8-4-1-3(6(9)10)5(2-12)11-7(4)13/h1-2,6H,(H,11,13). The molecule has 0 spiro atoms. The largest absolute Gasteiger partial charge is 0.318 e. The van der Waals surface area contributed by atoms with E-state index in [-0.39, 0.29) is 16.5 Å². The van der Waals surface area contributed by atoms with Gasteiger partial charge < -0.3 is 4.98 Å². The molecule has 0 aliphatic carbocycles. The van der Waals surface area contributed by atoms with Gasteiger partial charge in [-0.25, -0.2) is 8.78 Å². The Kier molecular flexibility index (Phi) is 2.92. The second kappa shape index (κ2) is 3.78. The molecular formula is C7H4BrF2NO2. The van der Waals surface area contributed by atoms with E-state index in [9.17, 15) is 18.4 Å². The molecular weight excluding hydrogens is 248 g/mol. The van der Waals surface area contributed by atoms with Crippen LogP contribution in [0, 0.1) is 0 Å². The number of carbonyl (C=O) groups excluding carboxylic acids is 1. The molecule has 70 valence electrons. The molecule has 0 unspecified atom stereocenters. The second-order valence-electron chi connectivity index (χ2n) is 2.23. The summed E-state index contributed by atoms with van der Waals surface area (Å²) in [4.78, 5) is 23.2. The van der Waals surface area contributed by atoms with Gasteiger partial charge in [-0.1, -0.05) is 0 Å². The average Bonchev–Trinajstić information content (AvgIpc) is 2.08. The molecule has 1 heterocycles. The summed E-state index contributed by atoms with van der Waals surface area (Å²) in [5, 5.41) is 0. The number of hydrogen-bond acceptors (Lipinski definition) is 2. The van der Waals surface area contributed by atoms with Crippen LogP contribution in [-0.4, -0.2) is 11.3 Å². The molecule has 0 bridgehead atoms. The van der Waals surface area contributed by atoms with Gasteiger partial charge in [-0.3, -0.25) is 9.59 Å². The van der Waals surface area contributed by atoms with Crippen LogP contribution in [0.25, 0.3) is 0 Å². The van der Waals surface area contributed by atoms with Crippen LogP contribution >= 0.6 is 15.9 Å². The maximum atomic E-state index is 12.2. The maximum absolute atomic E-state index is 12.2. The zero-order chi connectivity index (χ0) is 10.0. The van der Waals surface area contributed by atoms with Gasteiger partial charge >= 0.3 is 0 Å². The molecule has 1 aromatic heterocycles. The zero-order valence-electron chi connectivity index (χ0n) is 6.18. The fourth-order valence-electron chi connectivity index (χ4n) is 0.812. The molecule has 1 aromatic rings.